The first-order chi connectivity index (χ1) is 14.2. The van der Waals surface area contributed by atoms with Crippen LogP contribution in [0.25, 0.3) is 0 Å². The van der Waals surface area contributed by atoms with Gasteiger partial charge in [-0.2, -0.15) is 0 Å². The summed E-state index contributed by atoms with van der Waals surface area (Å²) in [4.78, 5) is 28.2. The van der Waals surface area contributed by atoms with E-state index in [-0.39, 0.29) is 11.3 Å². The highest BCUT2D eigenvalue weighted by atomic mass is 16.2. The van der Waals surface area contributed by atoms with Gasteiger partial charge in [0.15, 0.2) is 0 Å². The third-order valence-electron chi connectivity index (χ3n) is 8.01. The van der Waals surface area contributed by atoms with Gasteiger partial charge < -0.3 is 4.90 Å². The minimum Gasteiger partial charge on any atom is -0.342 e. The maximum Gasteiger partial charge on any atom is 0.222 e. The zero-order chi connectivity index (χ0) is 20.1. The van der Waals surface area contributed by atoms with Gasteiger partial charge in [-0.15, -0.1) is 0 Å². The molecule has 3 fully saturated rings. The van der Waals surface area contributed by atoms with E-state index in [0.29, 0.717) is 25.0 Å². The maximum absolute atomic E-state index is 13.3. The number of carbonyl (C=O) groups excluding carboxylic acids is 2. The van der Waals surface area contributed by atoms with Crippen molar-refractivity contribution in [2.75, 3.05) is 13.1 Å². The first-order valence-corrected chi connectivity index (χ1v) is 12.1. The minimum absolute atomic E-state index is 0.277. The average Bonchev–Trinajstić information content (AvgIpc) is 2.79. The molecule has 2 unspecified atom stereocenters. The van der Waals surface area contributed by atoms with E-state index in [9.17, 15) is 9.59 Å². The first kappa shape index (κ1) is 20.6. The Balaban J connectivity index is 1.31. The summed E-state index contributed by atoms with van der Waals surface area (Å²) >= 11 is 0. The molecule has 29 heavy (non-hydrogen) atoms. The van der Waals surface area contributed by atoms with Gasteiger partial charge in [-0.25, -0.2) is 0 Å². The van der Waals surface area contributed by atoms with E-state index < -0.39 is 0 Å². The van der Waals surface area contributed by atoms with Crippen LogP contribution in [0, 0.1) is 11.8 Å². The van der Waals surface area contributed by atoms with Crippen molar-refractivity contribution >= 4 is 11.7 Å². The van der Waals surface area contributed by atoms with Crippen molar-refractivity contribution in [3.05, 3.63) is 35.9 Å². The number of piperidine rings is 1. The van der Waals surface area contributed by atoms with Crippen LogP contribution in [-0.4, -0.2) is 29.7 Å². The summed E-state index contributed by atoms with van der Waals surface area (Å²) in [5.74, 6) is 2.22. The number of ketones is 1. The fourth-order valence-corrected chi connectivity index (χ4v) is 6.27. The Labute approximate surface area is 176 Å². The highest BCUT2D eigenvalue weighted by Crippen LogP contribution is 2.41. The van der Waals surface area contributed by atoms with E-state index in [0.717, 1.165) is 50.6 Å². The van der Waals surface area contributed by atoms with Gasteiger partial charge >= 0.3 is 0 Å². The van der Waals surface area contributed by atoms with Gasteiger partial charge in [0, 0.05) is 25.9 Å². The highest BCUT2D eigenvalue weighted by molar-refractivity contribution is 5.90. The second-order valence-corrected chi connectivity index (χ2v) is 9.72. The topological polar surface area (TPSA) is 37.4 Å². The van der Waals surface area contributed by atoms with E-state index in [2.05, 4.69) is 29.2 Å². The maximum atomic E-state index is 13.3. The fourth-order valence-electron chi connectivity index (χ4n) is 6.27. The molecule has 0 bridgehead atoms. The van der Waals surface area contributed by atoms with Crippen molar-refractivity contribution in [2.45, 2.75) is 88.9 Å². The lowest BCUT2D eigenvalue weighted by Crippen LogP contribution is -2.44. The van der Waals surface area contributed by atoms with Crippen LogP contribution in [0.2, 0.25) is 0 Å². The summed E-state index contributed by atoms with van der Waals surface area (Å²) in [5.41, 5.74) is 0.888. The van der Waals surface area contributed by atoms with Gasteiger partial charge in [0.25, 0.3) is 0 Å². The summed E-state index contributed by atoms with van der Waals surface area (Å²) in [6.45, 7) is 1.90. The van der Waals surface area contributed by atoms with Crippen LogP contribution in [0.4, 0.5) is 0 Å². The molecule has 1 amide bonds. The minimum atomic E-state index is -0.303. The van der Waals surface area contributed by atoms with Gasteiger partial charge in [-0.1, -0.05) is 68.9 Å². The molecular weight excluding hydrogens is 358 g/mol. The van der Waals surface area contributed by atoms with Crippen LogP contribution in [-0.2, 0) is 15.0 Å². The second-order valence-electron chi connectivity index (χ2n) is 9.72. The molecule has 3 heteroatoms. The summed E-state index contributed by atoms with van der Waals surface area (Å²) in [5, 5.41) is 0. The zero-order valence-electron chi connectivity index (χ0n) is 17.9. The predicted octanol–water partition coefficient (Wildman–Crippen LogP) is 5.67. The largest absolute Gasteiger partial charge is 0.342 e. The lowest BCUT2D eigenvalue weighted by Gasteiger charge is -2.41. The van der Waals surface area contributed by atoms with Crippen LogP contribution in [0.5, 0.6) is 0 Å². The zero-order valence-corrected chi connectivity index (χ0v) is 17.9. The molecule has 2 aliphatic carbocycles. The average molecular weight is 396 g/mol. The molecule has 1 aromatic rings. The molecule has 0 N–H and O–H groups in total. The number of likely N-dealkylation sites (tertiary alicyclic amines) is 1. The van der Waals surface area contributed by atoms with Crippen molar-refractivity contribution in [1.29, 1.82) is 0 Å². The number of hydrogen-bond donors (Lipinski definition) is 0. The molecular formula is C26H37NO2. The van der Waals surface area contributed by atoms with Crippen LogP contribution < -0.4 is 0 Å². The van der Waals surface area contributed by atoms with Gasteiger partial charge in [0.2, 0.25) is 5.91 Å². The number of benzene rings is 1. The Bertz CT molecular complexity index is 692. The van der Waals surface area contributed by atoms with Gasteiger partial charge in [0.05, 0.1) is 5.41 Å². The molecule has 2 saturated carbocycles. The Morgan fingerprint density at radius 2 is 1.59 bits per heavy atom. The molecule has 0 spiro atoms. The lowest BCUT2D eigenvalue weighted by molar-refractivity contribution is -0.134. The molecule has 158 valence electrons. The molecule has 2 atom stereocenters. The predicted molar refractivity (Wildman–Crippen MR) is 117 cm³/mol. The number of fused-ring (bicyclic) bond motifs is 1. The molecule has 0 aromatic heterocycles. The number of hydrogen-bond acceptors (Lipinski definition) is 2. The molecule has 3 nitrogen and oxygen atoms in total. The van der Waals surface area contributed by atoms with Gasteiger partial charge in [-0.05, 0) is 49.5 Å². The standard InChI is InChI=1S/C26H37NO2/c28-24(26(17-7-2-8-18-26)23-12-3-1-4-13-23)14-9-15-25(29)27-19-16-21-10-5-6-11-22(21)20-27/h1,3-4,12-13,21-22H,2,5-11,14-20H2. The quantitative estimate of drug-likeness (QED) is 0.622. The second kappa shape index (κ2) is 9.45. The summed E-state index contributed by atoms with van der Waals surface area (Å²) in [6.07, 6.45) is 13.8. The number of amides is 1. The Kier molecular flexibility index (Phi) is 6.72. The molecule has 0 radical (unpaired) electrons. The molecule has 4 rings (SSSR count). The number of carbonyl (C=O) groups is 2. The monoisotopic (exact) mass is 395 g/mol. The molecule has 1 aliphatic heterocycles. The number of Topliss-reactive ketones (excluding diaryl/α,β-unsaturated/α-hetero) is 1. The van der Waals surface area contributed by atoms with Crippen molar-refractivity contribution < 1.29 is 9.59 Å². The van der Waals surface area contributed by atoms with Crippen LogP contribution in [0.1, 0.15) is 89.0 Å². The van der Waals surface area contributed by atoms with E-state index in [1.54, 1.807) is 0 Å². The van der Waals surface area contributed by atoms with Gasteiger partial charge in [-0.3, -0.25) is 9.59 Å². The van der Waals surface area contributed by atoms with E-state index in [1.165, 1.54) is 44.1 Å². The lowest BCUT2D eigenvalue weighted by atomic mass is 9.66. The third-order valence-corrected chi connectivity index (χ3v) is 8.01. The van der Waals surface area contributed by atoms with Crippen LogP contribution >= 0.6 is 0 Å². The van der Waals surface area contributed by atoms with Gasteiger partial charge in [0.1, 0.15) is 5.78 Å². The van der Waals surface area contributed by atoms with Crippen molar-refractivity contribution in [2.24, 2.45) is 11.8 Å². The Hall–Kier alpha value is -1.64. The molecule has 1 saturated heterocycles. The third kappa shape index (κ3) is 4.59. The van der Waals surface area contributed by atoms with Crippen LogP contribution in [0.15, 0.2) is 30.3 Å². The molecule has 1 aromatic carbocycles. The number of nitrogens with zero attached hydrogens (tertiary/aromatic N) is 1. The SMILES string of the molecule is O=C(CCCC(=O)C1(c2ccccc2)CCCCC1)N1CCC2CCCCC2C1. The highest BCUT2D eigenvalue weighted by Gasteiger charge is 2.40. The van der Waals surface area contributed by atoms with Crippen molar-refractivity contribution in [1.82, 2.24) is 4.90 Å². The Morgan fingerprint density at radius 1 is 0.862 bits per heavy atom. The van der Waals surface area contributed by atoms with E-state index in [1.807, 2.05) is 6.07 Å². The van der Waals surface area contributed by atoms with Crippen LogP contribution in [0.3, 0.4) is 0 Å². The summed E-state index contributed by atoms with van der Waals surface area (Å²) in [6, 6.07) is 10.4. The fraction of sp³-hybridized carbons (Fsp3) is 0.692. The summed E-state index contributed by atoms with van der Waals surface area (Å²) in [7, 11) is 0. The van der Waals surface area contributed by atoms with Crippen molar-refractivity contribution in [3.8, 4) is 0 Å². The Morgan fingerprint density at radius 3 is 2.34 bits per heavy atom. The van der Waals surface area contributed by atoms with Crippen molar-refractivity contribution in [3.63, 3.8) is 0 Å². The first-order valence-electron chi connectivity index (χ1n) is 12.1. The normalized spacial score (nSPS) is 26.6. The summed E-state index contributed by atoms with van der Waals surface area (Å²) < 4.78 is 0. The van der Waals surface area contributed by atoms with E-state index in [4.69, 9.17) is 0 Å². The van der Waals surface area contributed by atoms with E-state index >= 15 is 0 Å². The molecule has 1 heterocycles. The molecule has 3 aliphatic rings. The smallest absolute Gasteiger partial charge is 0.222 e. The number of rotatable bonds is 6.